The third-order valence-electron chi connectivity index (χ3n) is 4.03. The number of ether oxygens (including phenoxy) is 3. The lowest BCUT2D eigenvalue weighted by atomic mass is 9.92. The van der Waals surface area contributed by atoms with Crippen LogP contribution >= 0.6 is 12.4 Å². The van der Waals surface area contributed by atoms with Gasteiger partial charge in [0.25, 0.3) is 0 Å². The molecule has 1 amide bonds. The summed E-state index contributed by atoms with van der Waals surface area (Å²) in [5.74, 6) is 1.73. The van der Waals surface area contributed by atoms with Gasteiger partial charge in [-0.1, -0.05) is 0 Å². The summed E-state index contributed by atoms with van der Waals surface area (Å²) in [6.07, 6.45) is 2.45. The van der Waals surface area contributed by atoms with Crippen molar-refractivity contribution in [3.05, 3.63) is 24.3 Å². The number of hydrogen-bond acceptors (Lipinski definition) is 5. The van der Waals surface area contributed by atoms with Gasteiger partial charge < -0.3 is 25.3 Å². The van der Waals surface area contributed by atoms with Crippen LogP contribution in [0.25, 0.3) is 0 Å². The maximum Gasteiger partial charge on any atom is 0.237 e. The molecule has 1 heterocycles. The number of amides is 1. The smallest absolute Gasteiger partial charge is 0.237 e. The molecule has 1 aromatic rings. The second-order valence-electron chi connectivity index (χ2n) is 5.64. The van der Waals surface area contributed by atoms with E-state index >= 15 is 0 Å². The van der Waals surface area contributed by atoms with Crippen molar-refractivity contribution in [2.75, 3.05) is 33.5 Å². The molecule has 0 bridgehead atoms. The fourth-order valence-electron chi connectivity index (χ4n) is 2.55. The monoisotopic (exact) mass is 358 g/mol. The SMILES string of the molecule is COc1ccc(OCCCNC(=O)C(N)C2CCOCC2)cc1.Cl. The Kier molecular flexibility index (Phi) is 9.52. The van der Waals surface area contributed by atoms with Crippen LogP contribution < -0.4 is 20.5 Å². The van der Waals surface area contributed by atoms with E-state index in [1.165, 1.54) is 0 Å². The number of halogens is 1. The second-order valence-corrected chi connectivity index (χ2v) is 5.64. The van der Waals surface area contributed by atoms with Crippen molar-refractivity contribution in [1.82, 2.24) is 5.32 Å². The van der Waals surface area contributed by atoms with E-state index in [1.807, 2.05) is 24.3 Å². The summed E-state index contributed by atoms with van der Waals surface area (Å²) in [7, 11) is 1.63. The quantitative estimate of drug-likeness (QED) is 0.692. The molecule has 1 aliphatic rings. The summed E-state index contributed by atoms with van der Waals surface area (Å²) in [6.45, 7) is 2.49. The second kappa shape index (κ2) is 11.1. The van der Waals surface area contributed by atoms with Gasteiger partial charge in [-0.15, -0.1) is 12.4 Å². The largest absolute Gasteiger partial charge is 0.497 e. The maximum absolute atomic E-state index is 12.0. The summed E-state index contributed by atoms with van der Waals surface area (Å²) in [5.41, 5.74) is 6.01. The lowest BCUT2D eigenvalue weighted by molar-refractivity contribution is -0.124. The number of carbonyl (C=O) groups excluding carboxylic acids is 1. The average molecular weight is 359 g/mol. The van der Waals surface area contributed by atoms with E-state index < -0.39 is 6.04 Å². The van der Waals surface area contributed by atoms with Crippen LogP contribution in [0.5, 0.6) is 11.5 Å². The first-order valence-electron chi connectivity index (χ1n) is 8.08. The molecule has 1 unspecified atom stereocenters. The van der Waals surface area contributed by atoms with Crippen LogP contribution in [-0.2, 0) is 9.53 Å². The first kappa shape index (κ1) is 20.5. The molecular weight excluding hydrogens is 332 g/mol. The molecule has 1 aromatic carbocycles. The molecule has 3 N–H and O–H groups in total. The Morgan fingerprint density at radius 2 is 1.92 bits per heavy atom. The topological polar surface area (TPSA) is 82.8 Å². The molecule has 0 spiro atoms. The van der Waals surface area contributed by atoms with E-state index in [0.29, 0.717) is 26.4 Å². The summed E-state index contributed by atoms with van der Waals surface area (Å²) in [5, 5.41) is 2.88. The van der Waals surface area contributed by atoms with E-state index in [0.717, 1.165) is 30.8 Å². The minimum absolute atomic E-state index is 0. The van der Waals surface area contributed by atoms with Crippen molar-refractivity contribution >= 4 is 18.3 Å². The molecule has 1 fully saturated rings. The standard InChI is InChI=1S/C17H26N2O4.ClH/c1-21-14-3-5-15(6-4-14)23-10-2-9-19-17(20)16(18)13-7-11-22-12-8-13;/h3-6,13,16H,2,7-12,18H2,1H3,(H,19,20);1H. The Balaban J connectivity index is 0.00000288. The minimum Gasteiger partial charge on any atom is -0.497 e. The van der Waals surface area contributed by atoms with Gasteiger partial charge in [0, 0.05) is 19.8 Å². The van der Waals surface area contributed by atoms with Crippen LogP contribution in [0.4, 0.5) is 0 Å². The number of methoxy groups -OCH3 is 1. The molecular formula is C17H27ClN2O4. The summed E-state index contributed by atoms with van der Waals surface area (Å²) in [4.78, 5) is 12.0. The number of hydrogen-bond donors (Lipinski definition) is 2. The van der Waals surface area contributed by atoms with Crippen LogP contribution in [0.2, 0.25) is 0 Å². The van der Waals surface area contributed by atoms with Crippen molar-refractivity contribution in [1.29, 1.82) is 0 Å². The number of rotatable bonds is 8. The average Bonchev–Trinajstić information content (AvgIpc) is 2.62. The first-order valence-corrected chi connectivity index (χ1v) is 8.08. The lowest BCUT2D eigenvalue weighted by Crippen LogP contribution is -2.47. The highest BCUT2D eigenvalue weighted by Crippen LogP contribution is 2.18. The van der Waals surface area contributed by atoms with Crippen LogP contribution in [0, 0.1) is 5.92 Å². The van der Waals surface area contributed by atoms with Crippen LogP contribution in [-0.4, -0.2) is 45.4 Å². The minimum atomic E-state index is -0.443. The third-order valence-corrected chi connectivity index (χ3v) is 4.03. The predicted octanol–water partition coefficient (Wildman–Crippen LogP) is 1.76. The zero-order chi connectivity index (χ0) is 16.5. The first-order chi connectivity index (χ1) is 11.2. The zero-order valence-electron chi connectivity index (χ0n) is 14.0. The molecule has 24 heavy (non-hydrogen) atoms. The number of carbonyl (C=O) groups is 1. The van der Waals surface area contributed by atoms with Crippen LogP contribution in [0.3, 0.4) is 0 Å². The molecule has 6 nitrogen and oxygen atoms in total. The Bertz CT molecular complexity index is 478. The highest BCUT2D eigenvalue weighted by atomic mass is 35.5. The molecule has 2 rings (SSSR count). The highest BCUT2D eigenvalue weighted by Gasteiger charge is 2.26. The van der Waals surface area contributed by atoms with Crippen molar-refractivity contribution in [2.24, 2.45) is 11.7 Å². The normalized spacial score (nSPS) is 15.9. The molecule has 0 aromatic heterocycles. The summed E-state index contributed by atoms with van der Waals surface area (Å²) < 4.78 is 16.0. The Morgan fingerprint density at radius 1 is 1.29 bits per heavy atom. The molecule has 1 atom stereocenters. The van der Waals surface area contributed by atoms with Crippen LogP contribution in [0.1, 0.15) is 19.3 Å². The van der Waals surface area contributed by atoms with Crippen molar-refractivity contribution < 1.29 is 19.0 Å². The fourth-order valence-corrected chi connectivity index (χ4v) is 2.55. The van der Waals surface area contributed by atoms with Gasteiger partial charge >= 0.3 is 0 Å². The van der Waals surface area contributed by atoms with Gasteiger partial charge in [-0.05, 0) is 49.4 Å². The van der Waals surface area contributed by atoms with Gasteiger partial charge in [0.15, 0.2) is 0 Å². The van der Waals surface area contributed by atoms with E-state index in [1.54, 1.807) is 7.11 Å². The Labute approximate surface area is 149 Å². The van der Waals surface area contributed by atoms with Gasteiger partial charge in [-0.2, -0.15) is 0 Å². The molecule has 1 aliphatic heterocycles. The van der Waals surface area contributed by atoms with Gasteiger partial charge in [-0.3, -0.25) is 4.79 Å². The van der Waals surface area contributed by atoms with Gasteiger partial charge in [-0.25, -0.2) is 0 Å². The van der Waals surface area contributed by atoms with Crippen LogP contribution in [0.15, 0.2) is 24.3 Å². The van der Waals surface area contributed by atoms with E-state index in [-0.39, 0.29) is 24.2 Å². The van der Waals surface area contributed by atoms with Gasteiger partial charge in [0.05, 0.1) is 19.8 Å². The van der Waals surface area contributed by atoms with Gasteiger partial charge in [0.1, 0.15) is 11.5 Å². The Hall–Kier alpha value is -1.50. The van der Waals surface area contributed by atoms with E-state index in [9.17, 15) is 4.79 Å². The predicted molar refractivity (Wildman–Crippen MR) is 94.9 cm³/mol. The maximum atomic E-state index is 12.0. The third kappa shape index (κ3) is 6.55. The number of nitrogens with one attached hydrogen (secondary N) is 1. The lowest BCUT2D eigenvalue weighted by Gasteiger charge is -2.26. The van der Waals surface area contributed by atoms with Crippen molar-refractivity contribution in [3.8, 4) is 11.5 Å². The molecule has 0 radical (unpaired) electrons. The number of benzene rings is 1. The molecule has 0 aliphatic carbocycles. The highest BCUT2D eigenvalue weighted by molar-refractivity contribution is 5.85. The van der Waals surface area contributed by atoms with Crippen molar-refractivity contribution in [3.63, 3.8) is 0 Å². The zero-order valence-corrected chi connectivity index (χ0v) is 14.8. The van der Waals surface area contributed by atoms with Gasteiger partial charge in [0.2, 0.25) is 5.91 Å². The molecule has 0 saturated carbocycles. The number of nitrogens with two attached hydrogens (primary N) is 1. The molecule has 1 saturated heterocycles. The van der Waals surface area contributed by atoms with E-state index in [4.69, 9.17) is 19.9 Å². The molecule has 136 valence electrons. The molecule has 7 heteroatoms. The summed E-state index contributed by atoms with van der Waals surface area (Å²) >= 11 is 0. The van der Waals surface area contributed by atoms with E-state index in [2.05, 4.69) is 5.32 Å². The fraction of sp³-hybridized carbons (Fsp3) is 0.588. The Morgan fingerprint density at radius 3 is 2.54 bits per heavy atom. The van der Waals surface area contributed by atoms with Crippen molar-refractivity contribution in [2.45, 2.75) is 25.3 Å². The summed E-state index contributed by atoms with van der Waals surface area (Å²) in [6, 6.07) is 6.98.